The number of thiazole rings is 1. The first-order valence-electron chi connectivity index (χ1n) is 12.9. The van der Waals surface area contributed by atoms with Crippen molar-refractivity contribution < 1.29 is 27.5 Å². The van der Waals surface area contributed by atoms with E-state index in [0.29, 0.717) is 58.0 Å². The predicted molar refractivity (Wildman–Crippen MR) is 154 cm³/mol. The molecule has 1 aromatic heterocycles. The number of nitrogens with one attached hydrogen (secondary N) is 1. The van der Waals surface area contributed by atoms with Gasteiger partial charge in [0.2, 0.25) is 5.91 Å². The molecule has 1 N–H and O–H groups in total. The highest BCUT2D eigenvalue weighted by atomic mass is 32.2. The molecule has 40 heavy (non-hydrogen) atoms. The average Bonchev–Trinajstić information content (AvgIpc) is 3.45. The summed E-state index contributed by atoms with van der Waals surface area (Å²) in [4.78, 5) is 32.5. The van der Waals surface area contributed by atoms with Crippen LogP contribution in [0.5, 0.6) is 11.5 Å². The van der Waals surface area contributed by atoms with Crippen molar-refractivity contribution in [1.29, 1.82) is 0 Å². The summed E-state index contributed by atoms with van der Waals surface area (Å²) >= 11 is 1.25. The molecular weight excluding hydrogens is 550 g/mol. The molecule has 0 saturated heterocycles. The molecule has 5 rings (SSSR count). The monoisotopic (exact) mass is 579 g/mol. The van der Waals surface area contributed by atoms with E-state index in [4.69, 9.17) is 9.47 Å². The maximum Gasteiger partial charge on any atom is 0.282 e. The second kappa shape index (κ2) is 10.9. The molecule has 2 heterocycles. The quantitative estimate of drug-likeness (QED) is 0.299. The zero-order valence-corrected chi connectivity index (χ0v) is 24.2. The second-order valence-electron chi connectivity index (χ2n) is 9.28. The van der Waals surface area contributed by atoms with Gasteiger partial charge in [-0.3, -0.25) is 9.59 Å². The van der Waals surface area contributed by atoms with Gasteiger partial charge in [0, 0.05) is 26.9 Å². The lowest BCUT2D eigenvalue weighted by atomic mass is 9.99. The fraction of sp³-hybridized carbons (Fsp3) is 0.276. The maximum atomic E-state index is 13.7. The normalized spacial score (nSPS) is 13.0. The van der Waals surface area contributed by atoms with Crippen LogP contribution in [-0.2, 0) is 27.8 Å². The van der Waals surface area contributed by atoms with Gasteiger partial charge >= 0.3 is 0 Å². The first kappa shape index (κ1) is 27.6. The van der Waals surface area contributed by atoms with Crippen molar-refractivity contribution >= 4 is 49.6 Å². The lowest BCUT2D eigenvalue weighted by molar-refractivity contribution is -0.118. The fourth-order valence-corrected chi connectivity index (χ4v) is 7.28. The molecule has 11 heteroatoms. The number of amides is 2. The molecule has 0 saturated carbocycles. The molecule has 0 atom stereocenters. The van der Waals surface area contributed by atoms with Crippen molar-refractivity contribution in [3.63, 3.8) is 0 Å². The first-order valence-corrected chi connectivity index (χ1v) is 15.2. The van der Waals surface area contributed by atoms with Crippen LogP contribution in [0.1, 0.15) is 45.2 Å². The Bertz CT molecular complexity index is 1730. The molecule has 0 aliphatic carbocycles. The van der Waals surface area contributed by atoms with E-state index in [1.54, 1.807) is 43.0 Å². The Hall–Kier alpha value is -3.96. The number of nitrogens with zero attached hydrogens (tertiary/aromatic N) is 2. The molecule has 9 nitrogen and oxygen atoms in total. The highest BCUT2D eigenvalue weighted by Gasteiger charge is 2.36. The molecule has 0 spiro atoms. The number of sulfonamides is 1. The Morgan fingerprint density at radius 2 is 1.62 bits per heavy atom. The summed E-state index contributed by atoms with van der Waals surface area (Å²) in [5, 5.41) is 2.19. The molecule has 4 aromatic rings. The van der Waals surface area contributed by atoms with E-state index in [1.165, 1.54) is 11.3 Å². The van der Waals surface area contributed by atoms with Crippen molar-refractivity contribution in [2.75, 3.05) is 18.1 Å². The van der Waals surface area contributed by atoms with E-state index in [0.717, 1.165) is 16.3 Å². The van der Waals surface area contributed by atoms with E-state index >= 15 is 0 Å². The molecule has 0 radical (unpaired) electrons. The van der Waals surface area contributed by atoms with Crippen LogP contribution in [0, 0.1) is 13.8 Å². The summed E-state index contributed by atoms with van der Waals surface area (Å²) in [5.74, 6) is 0.351. The third kappa shape index (κ3) is 5.02. The molecule has 0 unspecified atom stereocenters. The standard InChI is InChI=1S/C29H29N3O6S2/c1-5-37-26-21-9-7-8-10-22(21)27(38-6-2)25-23(26)16-32(29(25)34)20-13-11-19(12-14-20)15-24(33)31-40(35,36)28-17(3)39-18(4)30-28/h7-14H,5-6,15-16H2,1-4H3,(H,31,33). The highest BCUT2D eigenvalue weighted by molar-refractivity contribution is 7.90. The molecule has 1 aliphatic heterocycles. The summed E-state index contributed by atoms with van der Waals surface area (Å²) in [6, 6.07) is 14.6. The molecule has 1 aliphatic rings. The number of hydrogen-bond acceptors (Lipinski definition) is 8. The van der Waals surface area contributed by atoms with Gasteiger partial charge in [0.1, 0.15) is 11.5 Å². The van der Waals surface area contributed by atoms with E-state index in [1.807, 2.05) is 38.1 Å². The summed E-state index contributed by atoms with van der Waals surface area (Å²) < 4.78 is 39.4. The van der Waals surface area contributed by atoms with Gasteiger partial charge in [-0.15, -0.1) is 11.3 Å². The second-order valence-corrected chi connectivity index (χ2v) is 12.3. The van der Waals surface area contributed by atoms with Gasteiger partial charge in [-0.2, -0.15) is 8.42 Å². The lowest BCUT2D eigenvalue weighted by Gasteiger charge is -2.16. The van der Waals surface area contributed by atoms with Gasteiger partial charge in [-0.05, 0) is 45.4 Å². The summed E-state index contributed by atoms with van der Waals surface area (Å²) in [7, 11) is -4.06. The van der Waals surface area contributed by atoms with Crippen molar-refractivity contribution in [1.82, 2.24) is 9.71 Å². The Morgan fingerprint density at radius 3 is 2.23 bits per heavy atom. The molecule has 2 amide bonds. The van der Waals surface area contributed by atoms with E-state index in [9.17, 15) is 18.0 Å². The number of hydrogen-bond donors (Lipinski definition) is 1. The van der Waals surface area contributed by atoms with Gasteiger partial charge in [0.25, 0.3) is 15.9 Å². The van der Waals surface area contributed by atoms with E-state index in [2.05, 4.69) is 9.71 Å². The van der Waals surface area contributed by atoms with Crippen LogP contribution in [0.15, 0.2) is 53.6 Å². The average molecular weight is 580 g/mol. The number of aryl methyl sites for hydroxylation is 2. The number of anilines is 1. The van der Waals surface area contributed by atoms with Crippen LogP contribution in [0.3, 0.4) is 0 Å². The van der Waals surface area contributed by atoms with Crippen LogP contribution in [0.4, 0.5) is 5.69 Å². The molecule has 0 bridgehead atoms. The summed E-state index contributed by atoms with van der Waals surface area (Å²) in [6.45, 7) is 8.32. The van der Waals surface area contributed by atoms with Crippen LogP contribution >= 0.6 is 11.3 Å². The van der Waals surface area contributed by atoms with Crippen LogP contribution < -0.4 is 19.1 Å². The van der Waals surface area contributed by atoms with Crippen molar-refractivity contribution in [3.8, 4) is 11.5 Å². The lowest BCUT2D eigenvalue weighted by Crippen LogP contribution is -2.32. The summed E-state index contributed by atoms with van der Waals surface area (Å²) in [6.07, 6.45) is -0.149. The molecule has 208 valence electrons. The largest absolute Gasteiger partial charge is 0.493 e. The smallest absolute Gasteiger partial charge is 0.282 e. The molecular formula is C29H29N3O6S2. The van der Waals surface area contributed by atoms with Gasteiger partial charge in [-0.25, -0.2) is 9.71 Å². The van der Waals surface area contributed by atoms with Crippen LogP contribution in [0.25, 0.3) is 10.8 Å². The molecule has 0 fully saturated rings. The Balaban J connectivity index is 1.39. The van der Waals surface area contributed by atoms with Crippen LogP contribution in [0.2, 0.25) is 0 Å². The number of benzene rings is 3. The van der Waals surface area contributed by atoms with E-state index in [-0.39, 0.29) is 17.4 Å². The number of ether oxygens (including phenoxy) is 2. The number of rotatable bonds is 9. The SMILES string of the molecule is CCOc1c2c(c(OCC)c3ccccc13)C(=O)N(c1ccc(CC(=O)NS(=O)(=O)c3nc(C)sc3C)cc1)C2. The van der Waals surface area contributed by atoms with Gasteiger partial charge in [0.15, 0.2) is 5.03 Å². The fourth-order valence-electron chi connectivity index (χ4n) is 4.95. The Labute approximate surface area is 236 Å². The van der Waals surface area contributed by atoms with Crippen molar-refractivity contribution in [2.45, 2.75) is 45.7 Å². The van der Waals surface area contributed by atoms with E-state index < -0.39 is 15.9 Å². The number of carbonyl (C=O) groups is 2. The first-order chi connectivity index (χ1) is 19.1. The minimum Gasteiger partial charge on any atom is -0.493 e. The minimum absolute atomic E-state index is 0.128. The Kier molecular flexibility index (Phi) is 7.52. The van der Waals surface area contributed by atoms with Gasteiger partial charge in [-0.1, -0.05) is 36.4 Å². The van der Waals surface area contributed by atoms with Crippen molar-refractivity contribution in [2.24, 2.45) is 0 Å². The summed E-state index contributed by atoms with van der Waals surface area (Å²) in [5.41, 5.74) is 2.50. The Morgan fingerprint density at radius 1 is 1.00 bits per heavy atom. The van der Waals surface area contributed by atoms with Gasteiger partial charge in [0.05, 0.1) is 36.8 Å². The number of fused-ring (bicyclic) bond motifs is 2. The zero-order valence-electron chi connectivity index (χ0n) is 22.6. The number of aromatic nitrogens is 1. The maximum absolute atomic E-state index is 13.7. The van der Waals surface area contributed by atoms with Crippen LogP contribution in [-0.4, -0.2) is 38.4 Å². The minimum atomic E-state index is -4.06. The zero-order chi connectivity index (χ0) is 28.6. The van der Waals surface area contributed by atoms with Gasteiger partial charge < -0.3 is 14.4 Å². The predicted octanol–water partition coefficient (Wildman–Crippen LogP) is 4.92. The van der Waals surface area contributed by atoms with Crippen molar-refractivity contribution in [3.05, 3.63) is 75.1 Å². The third-order valence-corrected chi connectivity index (χ3v) is 8.97. The highest BCUT2D eigenvalue weighted by Crippen LogP contribution is 2.46. The molecule has 3 aromatic carbocycles. The third-order valence-electron chi connectivity index (χ3n) is 6.55. The topological polar surface area (TPSA) is 115 Å². The number of carbonyl (C=O) groups excluding carboxylic acids is 2.